The molecule has 1 saturated carbocycles. The van der Waals surface area contributed by atoms with Crippen molar-refractivity contribution in [1.82, 2.24) is 5.32 Å². The summed E-state index contributed by atoms with van der Waals surface area (Å²) >= 11 is 0. The molecule has 1 amide bonds. The Morgan fingerprint density at radius 1 is 1.29 bits per heavy atom. The summed E-state index contributed by atoms with van der Waals surface area (Å²) in [4.78, 5) is 23.5. The maximum atomic E-state index is 12.1. The first-order valence-electron chi connectivity index (χ1n) is 7.64. The fraction of sp³-hybridized carbons (Fsp3) is 0.529. The van der Waals surface area contributed by atoms with Crippen LogP contribution in [0.4, 0.5) is 0 Å². The third-order valence-electron chi connectivity index (χ3n) is 4.15. The molecule has 0 bridgehead atoms. The van der Waals surface area contributed by atoms with Gasteiger partial charge in [0.05, 0.1) is 6.42 Å². The zero-order valence-electron chi connectivity index (χ0n) is 12.5. The van der Waals surface area contributed by atoms with Crippen molar-refractivity contribution in [2.24, 2.45) is 5.92 Å². The van der Waals surface area contributed by atoms with Gasteiger partial charge in [-0.05, 0) is 31.2 Å². The largest absolute Gasteiger partial charge is 0.480 e. The van der Waals surface area contributed by atoms with Crippen LogP contribution in [0.5, 0.6) is 0 Å². The van der Waals surface area contributed by atoms with Crippen LogP contribution in [0.3, 0.4) is 0 Å². The van der Waals surface area contributed by atoms with Crippen LogP contribution >= 0.6 is 0 Å². The summed E-state index contributed by atoms with van der Waals surface area (Å²) in [5, 5.41) is 12.1. The third kappa shape index (κ3) is 4.59. The van der Waals surface area contributed by atoms with E-state index in [0.717, 1.165) is 36.8 Å². The van der Waals surface area contributed by atoms with Crippen LogP contribution in [0.15, 0.2) is 24.3 Å². The zero-order valence-corrected chi connectivity index (χ0v) is 12.5. The van der Waals surface area contributed by atoms with Crippen molar-refractivity contribution < 1.29 is 14.7 Å². The summed E-state index contributed by atoms with van der Waals surface area (Å²) in [6, 6.07) is 6.98. The zero-order chi connectivity index (χ0) is 15.2. The quantitative estimate of drug-likeness (QED) is 0.876. The van der Waals surface area contributed by atoms with Crippen molar-refractivity contribution in [3.8, 4) is 0 Å². The van der Waals surface area contributed by atoms with Crippen molar-refractivity contribution in [2.45, 2.75) is 51.5 Å². The molecule has 1 aliphatic rings. The van der Waals surface area contributed by atoms with E-state index in [9.17, 15) is 14.7 Å². The maximum Gasteiger partial charge on any atom is 0.326 e. The minimum atomic E-state index is -0.917. The molecule has 0 saturated heterocycles. The van der Waals surface area contributed by atoms with Gasteiger partial charge in [0.25, 0.3) is 0 Å². The second-order valence-corrected chi connectivity index (χ2v) is 5.95. The number of rotatable bonds is 5. The van der Waals surface area contributed by atoms with E-state index < -0.39 is 12.0 Å². The van der Waals surface area contributed by atoms with E-state index >= 15 is 0 Å². The number of aliphatic carboxylic acids is 1. The highest BCUT2D eigenvalue weighted by Crippen LogP contribution is 2.26. The van der Waals surface area contributed by atoms with Crippen molar-refractivity contribution in [2.75, 3.05) is 0 Å². The number of carbonyl (C=O) groups is 2. The molecule has 4 nitrogen and oxygen atoms in total. The Labute approximate surface area is 125 Å². The first kappa shape index (κ1) is 15.5. The number of amides is 1. The molecule has 1 atom stereocenters. The van der Waals surface area contributed by atoms with Gasteiger partial charge in [-0.25, -0.2) is 4.79 Å². The Morgan fingerprint density at radius 2 is 2.00 bits per heavy atom. The molecule has 4 heteroatoms. The molecule has 1 aliphatic carbocycles. The molecule has 1 aromatic carbocycles. The van der Waals surface area contributed by atoms with Crippen molar-refractivity contribution >= 4 is 11.9 Å². The fourth-order valence-corrected chi connectivity index (χ4v) is 3.08. The molecule has 0 aromatic heterocycles. The van der Waals surface area contributed by atoms with Gasteiger partial charge in [0.15, 0.2) is 0 Å². The number of hydrogen-bond donors (Lipinski definition) is 2. The lowest BCUT2D eigenvalue weighted by atomic mass is 9.84. The molecule has 0 aliphatic heterocycles. The Bertz CT molecular complexity index is 507. The first-order chi connectivity index (χ1) is 10.1. The number of carbonyl (C=O) groups excluding carboxylic acids is 1. The lowest BCUT2D eigenvalue weighted by molar-refractivity contribution is -0.143. The SMILES string of the molecule is Cc1cccc(CC(=O)NC(C(=O)O)C2CCCCC2)c1. The highest BCUT2D eigenvalue weighted by atomic mass is 16.4. The van der Waals surface area contributed by atoms with Crippen molar-refractivity contribution in [3.05, 3.63) is 35.4 Å². The number of carboxylic acids is 1. The minimum Gasteiger partial charge on any atom is -0.480 e. The van der Waals surface area contributed by atoms with E-state index in [1.54, 1.807) is 0 Å². The van der Waals surface area contributed by atoms with Gasteiger partial charge in [-0.1, -0.05) is 49.1 Å². The number of benzene rings is 1. The number of hydrogen-bond acceptors (Lipinski definition) is 2. The van der Waals surface area contributed by atoms with Gasteiger partial charge in [0.1, 0.15) is 6.04 Å². The lowest BCUT2D eigenvalue weighted by Crippen LogP contribution is -2.47. The van der Waals surface area contributed by atoms with E-state index in [1.807, 2.05) is 31.2 Å². The smallest absolute Gasteiger partial charge is 0.326 e. The average molecular weight is 289 g/mol. The maximum absolute atomic E-state index is 12.1. The minimum absolute atomic E-state index is 0.0673. The van der Waals surface area contributed by atoms with E-state index in [2.05, 4.69) is 5.32 Å². The summed E-state index contributed by atoms with van der Waals surface area (Å²) in [5.41, 5.74) is 2.02. The topological polar surface area (TPSA) is 66.4 Å². The molecule has 0 spiro atoms. The van der Waals surface area contributed by atoms with Crippen LogP contribution in [-0.2, 0) is 16.0 Å². The molecule has 1 unspecified atom stereocenters. The normalized spacial score (nSPS) is 17.2. The lowest BCUT2D eigenvalue weighted by Gasteiger charge is -2.28. The molecule has 21 heavy (non-hydrogen) atoms. The molecular formula is C17H23NO3. The molecule has 0 radical (unpaired) electrons. The van der Waals surface area contributed by atoms with Crippen molar-refractivity contribution in [1.29, 1.82) is 0 Å². The van der Waals surface area contributed by atoms with Crippen LogP contribution in [0.25, 0.3) is 0 Å². The summed E-state index contributed by atoms with van der Waals surface area (Å²) in [5.74, 6) is -1.06. The summed E-state index contributed by atoms with van der Waals surface area (Å²) in [6.07, 6.45) is 5.30. The molecule has 114 valence electrons. The van der Waals surface area contributed by atoms with Crippen LogP contribution in [-0.4, -0.2) is 23.0 Å². The highest BCUT2D eigenvalue weighted by molar-refractivity contribution is 5.85. The highest BCUT2D eigenvalue weighted by Gasteiger charge is 2.30. The molecule has 1 fully saturated rings. The van der Waals surface area contributed by atoms with Crippen molar-refractivity contribution in [3.63, 3.8) is 0 Å². The van der Waals surface area contributed by atoms with Gasteiger partial charge in [-0.15, -0.1) is 0 Å². The van der Waals surface area contributed by atoms with Crippen LogP contribution < -0.4 is 5.32 Å². The summed E-state index contributed by atoms with van der Waals surface area (Å²) < 4.78 is 0. The first-order valence-corrected chi connectivity index (χ1v) is 7.64. The van der Waals surface area contributed by atoms with Gasteiger partial charge in [0.2, 0.25) is 5.91 Å². The van der Waals surface area contributed by atoms with E-state index in [1.165, 1.54) is 6.42 Å². The second-order valence-electron chi connectivity index (χ2n) is 5.95. The standard InChI is InChI=1S/C17H23NO3/c1-12-6-5-7-13(10-12)11-15(19)18-16(17(20)21)14-8-3-2-4-9-14/h5-7,10,14,16H,2-4,8-9,11H2,1H3,(H,18,19)(H,20,21). The third-order valence-corrected chi connectivity index (χ3v) is 4.15. The van der Waals surface area contributed by atoms with E-state index in [0.29, 0.717) is 0 Å². The summed E-state index contributed by atoms with van der Waals surface area (Å²) in [6.45, 7) is 1.98. The predicted octanol–water partition coefficient (Wildman–Crippen LogP) is 2.69. The van der Waals surface area contributed by atoms with Gasteiger partial charge in [-0.2, -0.15) is 0 Å². The van der Waals surface area contributed by atoms with E-state index in [4.69, 9.17) is 0 Å². The van der Waals surface area contributed by atoms with Gasteiger partial charge in [-0.3, -0.25) is 4.79 Å². The molecular weight excluding hydrogens is 266 g/mol. The molecule has 2 N–H and O–H groups in total. The van der Waals surface area contributed by atoms with Gasteiger partial charge >= 0.3 is 5.97 Å². The van der Waals surface area contributed by atoms with Crippen LogP contribution in [0.2, 0.25) is 0 Å². The van der Waals surface area contributed by atoms with Crippen LogP contribution in [0, 0.1) is 12.8 Å². The van der Waals surface area contributed by atoms with E-state index in [-0.39, 0.29) is 18.2 Å². The molecule has 1 aromatic rings. The number of aryl methyl sites for hydroxylation is 1. The summed E-state index contributed by atoms with van der Waals surface area (Å²) in [7, 11) is 0. The second kappa shape index (κ2) is 7.25. The monoisotopic (exact) mass is 289 g/mol. The van der Waals surface area contributed by atoms with Gasteiger partial charge < -0.3 is 10.4 Å². The average Bonchev–Trinajstić information content (AvgIpc) is 2.45. The fourth-order valence-electron chi connectivity index (χ4n) is 3.08. The number of carboxylic acid groups (broad SMARTS) is 1. The predicted molar refractivity (Wildman–Crippen MR) is 81.0 cm³/mol. The Balaban J connectivity index is 1.96. The Morgan fingerprint density at radius 3 is 2.62 bits per heavy atom. The van der Waals surface area contributed by atoms with Crippen LogP contribution in [0.1, 0.15) is 43.2 Å². The van der Waals surface area contributed by atoms with Gasteiger partial charge in [0, 0.05) is 0 Å². The molecule has 2 rings (SSSR count). The Hall–Kier alpha value is -1.84. The number of nitrogens with one attached hydrogen (secondary N) is 1. The molecule has 0 heterocycles. The Kier molecular flexibility index (Phi) is 5.37.